The van der Waals surface area contributed by atoms with Crippen molar-refractivity contribution in [3.63, 3.8) is 0 Å². The van der Waals surface area contributed by atoms with Crippen molar-refractivity contribution in [2.75, 3.05) is 26.2 Å². The summed E-state index contributed by atoms with van der Waals surface area (Å²) in [5, 5.41) is 11.9. The molecular weight excluding hydrogens is 304 g/mol. The molecule has 3 rings (SSSR count). The number of hydrogen-bond donors (Lipinski definition) is 1. The van der Waals surface area contributed by atoms with Crippen molar-refractivity contribution in [3.05, 3.63) is 11.6 Å². The largest absolute Gasteiger partial charge is 0.376 e. The standard InChI is InChI=1S/C17H30N6O/c1-13-6-8-23(9-7-13)17(18-11-15-5-4-10-24-15)19-12-16-21-20-14(2)22(16)3/h13,15H,4-12H2,1-3H3,(H,18,19). The maximum absolute atomic E-state index is 5.73. The number of guanidine groups is 1. The second kappa shape index (κ2) is 7.96. The molecule has 1 unspecified atom stereocenters. The topological polar surface area (TPSA) is 67.6 Å². The summed E-state index contributed by atoms with van der Waals surface area (Å²) in [7, 11) is 1.99. The van der Waals surface area contributed by atoms with Gasteiger partial charge in [-0.15, -0.1) is 10.2 Å². The van der Waals surface area contributed by atoms with Crippen molar-refractivity contribution in [1.29, 1.82) is 0 Å². The fraction of sp³-hybridized carbons (Fsp3) is 0.824. The maximum atomic E-state index is 5.73. The van der Waals surface area contributed by atoms with Crippen LogP contribution in [-0.4, -0.2) is 58.0 Å². The van der Waals surface area contributed by atoms with E-state index in [-0.39, 0.29) is 0 Å². The molecule has 1 aromatic rings. The van der Waals surface area contributed by atoms with E-state index in [0.717, 1.165) is 62.6 Å². The van der Waals surface area contributed by atoms with E-state index >= 15 is 0 Å². The zero-order valence-electron chi connectivity index (χ0n) is 15.2. The van der Waals surface area contributed by atoms with Crippen molar-refractivity contribution in [2.24, 2.45) is 18.0 Å². The minimum absolute atomic E-state index is 0.316. The Morgan fingerprint density at radius 2 is 2.08 bits per heavy atom. The Balaban J connectivity index is 1.65. The fourth-order valence-corrected chi connectivity index (χ4v) is 3.23. The van der Waals surface area contributed by atoms with E-state index in [4.69, 9.17) is 9.73 Å². The van der Waals surface area contributed by atoms with E-state index < -0.39 is 0 Å². The van der Waals surface area contributed by atoms with Crippen LogP contribution >= 0.6 is 0 Å². The van der Waals surface area contributed by atoms with Gasteiger partial charge in [0.1, 0.15) is 12.4 Å². The fourth-order valence-electron chi connectivity index (χ4n) is 3.23. The third-order valence-electron chi connectivity index (χ3n) is 5.15. The third-order valence-corrected chi connectivity index (χ3v) is 5.15. The second-order valence-corrected chi connectivity index (χ2v) is 7.05. The van der Waals surface area contributed by atoms with E-state index in [0.29, 0.717) is 12.6 Å². The van der Waals surface area contributed by atoms with Crippen LogP contribution in [0.25, 0.3) is 0 Å². The summed E-state index contributed by atoms with van der Waals surface area (Å²) in [4.78, 5) is 7.20. The molecule has 1 atom stereocenters. The number of aromatic nitrogens is 3. The van der Waals surface area contributed by atoms with Crippen LogP contribution in [0.4, 0.5) is 0 Å². The number of nitrogens with one attached hydrogen (secondary N) is 1. The van der Waals surface area contributed by atoms with Gasteiger partial charge < -0.3 is 19.5 Å². The number of rotatable bonds is 4. The van der Waals surface area contributed by atoms with Crippen LogP contribution in [0.3, 0.4) is 0 Å². The molecule has 134 valence electrons. The average Bonchev–Trinajstić information content (AvgIpc) is 3.21. The summed E-state index contributed by atoms with van der Waals surface area (Å²) in [6.07, 6.45) is 5.07. The first-order valence-electron chi connectivity index (χ1n) is 9.13. The summed E-state index contributed by atoms with van der Waals surface area (Å²) in [5.74, 6) is 3.61. The van der Waals surface area contributed by atoms with Gasteiger partial charge in [0.05, 0.1) is 6.10 Å². The molecule has 0 spiro atoms. The Bertz CT molecular complexity index is 555. The lowest BCUT2D eigenvalue weighted by atomic mass is 9.99. The van der Waals surface area contributed by atoms with Gasteiger partial charge in [0.15, 0.2) is 11.8 Å². The third kappa shape index (κ3) is 4.26. The molecule has 7 nitrogen and oxygen atoms in total. The molecule has 0 aromatic carbocycles. The number of likely N-dealkylation sites (tertiary alicyclic amines) is 1. The lowest BCUT2D eigenvalue weighted by Gasteiger charge is -2.33. The Morgan fingerprint density at radius 3 is 2.71 bits per heavy atom. The van der Waals surface area contributed by atoms with Crippen LogP contribution in [0.15, 0.2) is 4.99 Å². The molecular formula is C17H30N6O. The van der Waals surface area contributed by atoms with Gasteiger partial charge in [0.25, 0.3) is 0 Å². The first kappa shape index (κ1) is 17.2. The van der Waals surface area contributed by atoms with Crippen LogP contribution in [0.5, 0.6) is 0 Å². The van der Waals surface area contributed by atoms with Crippen molar-refractivity contribution in [1.82, 2.24) is 25.0 Å². The van der Waals surface area contributed by atoms with E-state index in [9.17, 15) is 0 Å². The Morgan fingerprint density at radius 1 is 1.29 bits per heavy atom. The number of aliphatic imine (C=N–C) groups is 1. The van der Waals surface area contributed by atoms with Crippen LogP contribution in [0.2, 0.25) is 0 Å². The molecule has 2 saturated heterocycles. The predicted octanol–water partition coefficient (Wildman–Crippen LogP) is 1.48. The van der Waals surface area contributed by atoms with E-state index in [1.807, 2.05) is 18.5 Å². The zero-order chi connectivity index (χ0) is 16.9. The van der Waals surface area contributed by atoms with Crippen molar-refractivity contribution >= 4 is 5.96 Å². The summed E-state index contributed by atoms with van der Waals surface area (Å²) in [6, 6.07) is 0. The van der Waals surface area contributed by atoms with Crippen molar-refractivity contribution in [3.8, 4) is 0 Å². The number of aryl methyl sites for hydroxylation is 1. The van der Waals surface area contributed by atoms with E-state index in [2.05, 4.69) is 27.3 Å². The number of hydrogen-bond acceptors (Lipinski definition) is 4. The Hall–Kier alpha value is -1.63. The molecule has 0 radical (unpaired) electrons. The summed E-state index contributed by atoms with van der Waals surface area (Å²) >= 11 is 0. The average molecular weight is 334 g/mol. The summed E-state index contributed by atoms with van der Waals surface area (Å²) in [6.45, 7) is 8.70. The number of piperidine rings is 1. The minimum atomic E-state index is 0.316. The number of nitrogens with zero attached hydrogens (tertiary/aromatic N) is 5. The van der Waals surface area contributed by atoms with Crippen LogP contribution in [-0.2, 0) is 18.3 Å². The molecule has 0 saturated carbocycles. The van der Waals surface area contributed by atoms with Crippen LogP contribution < -0.4 is 5.32 Å². The Kier molecular flexibility index (Phi) is 5.71. The second-order valence-electron chi connectivity index (χ2n) is 7.05. The molecule has 2 fully saturated rings. The highest BCUT2D eigenvalue weighted by Crippen LogP contribution is 2.17. The molecule has 3 heterocycles. The lowest BCUT2D eigenvalue weighted by molar-refractivity contribution is 0.113. The molecule has 0 aliphatic carbocycles. The van der Waals surface area contributed by atoms with E-state index in [1.54, 1.807) is 0 Å². The molecule has 2 aliphatic heterocycles. The SMILES string of the molecule is Cc1nnc(CN=C(NCC2CCCO2)N2CCC(C)CC2)n1C. The zero-order valence-corrected chi connectivity index (χ0v) is 15.2. The summed E-state index contributed by atoms with van der Waals surface area (Å²) < 4.78 is 7.73. The monoisotopic (exact) mass is 334 g/mol. The first-order chi connectivity index (χ1) is 11.6. The lowest BCUT2D eigenvalue weighted by Crippen LogP contribution is -2.47. The van der Waals surface area contributed by atoms with Gasteiger partial charge in [-0.2, -0.15) is 0 Å². The van der Waals surface area contributed by atoms with Gasteiger partial charge in [-0.1, -0.05) is 6.92 Å². The smallest absolute Gasteiger partial charge is 0.194 e. The summed E-state index contributed by atoms with van der Waals surface area (Å²) in [5.41, 5.74) is 0. The van der Waals surface area contributed by atoms with Crippen LogP contribution in [0, 0.1) is 12.8 Å². The number of ether oxygens (including phenoxy) is 1. The van der Waals surface area contributed by atoms with Gasteiger partial charge in [-0.25, -0.2) is 4.99 Å². The van der Waals surface area contributed by atoms with Gasteiger partial charge in [0, 0.05) is 33.3 Å². The molecule has 0 bridgehead atoms. The molecule has 1 N–H and O–H groups in total. The van der Waals surface area contributed by atoms with Crippen molar-refractivity contribution in [2.45, 2.75) is 52.2 Å². The molecule has 2 aliphatic rings. The van der Waals surface area contributed by atoms with Gasteiger partial charge in [-0.3, -0.25) is 0 Å². The quantitative estimate of drug-likeness (QED) is 0.667. The molecule has 0 amide bonds. The predicted molar refractivity (Wildman–Crippen MR) is 93.8 cm³/mol. The Labute approximate surface area is 144 Å². The highest BCUT2D eigenvalue weighted by molar-refractivity contribution is 5.80. The highest BCUT2D eigenvalue weighted by atomic mass is 16.5. The van der Waals surface area contributed by atoms with Gasteiger partial charge >= 0.3 is 0 Å². The maximum Gasteiger partial charge on any atom is 0.194 e. The molecule has 1 aromatic heterocycles. The first-order valence-corrected chi connectivity index (χ1v) is 9.13. The van der Waals surface area contributed by atoms with Gasteiger partial charge in [0.2, 0.25) is 0 Å². The highest BCUT2D eigenvalue weighted by Gasteiger charge is 2.21. The van der Waals surface area contributed by atoms with E-state index in [1.165, 1.54) is 12.8 Å². The molecule has 7 heteroatoms. The molecule has 24 heavy (non-hydrogen) atoms. The van der Waals surface area contributed by atoms with Crippen LogP contribution in [0.1, 0.15) is 44.3 Å². The van der Waals surface area contributed by atoms with Crippen molar-refractivity contribution < 1.29 is 4.74 Å². The van der Waals surface area contributed by atoms with Gasteiger partial charge in [-0.05, 0) is 38.5 Å². The normalized spacial score (nSPS) is 23.0. The minimum Gasteiger partial charge on any atom is -0.376 e.